The van der Waals surface area contributed by atoms with Crippen LogP contribution >= 0.6 is 0 Å². The summed E-state index contributed by atoms with van der Waals surface area (Å²) in [5.74, 6) is -0.516. The van der Waals surface area contributed by atoms with E-state index in [1.807, 2.05) is 0 Å². The van der Waals surface area contributed by atoms with Crippen LogP contribution in [-0.4, -0.2) is 103 Å². The molecule has 34 heavy (non-hydrogen) atoms. The number of hydrogen-bond acceptors (Lipinski definition) is 9. The Morgan fingerprint density at radius 1 is 1.12 bits per heavy atom. The first-order valence-corrected chi connectivity index (χ1v) is 10.9. The van der Waals surface area contributed by atoms with E-state index in [-0.39, 0.29) is 31.3 Å². The van der Waals surface area contributed by atoms with Crippen LogP contribution in [-0.2, 0) is 19.1 Å². The Hall–Kier alpha value is -2.77. The Bertz CT molecular complexity index is 775. The number of amides is 3. The molecule has 1 aromatic carbocycles. The molecule has 0 saturated heterocycles. The van der Waals surface area contributed by atoms with Gasteiger partial charge >= 0.3 is 0 Å². The van der Waals surface area contributed by atoms with Gasteiger partial charge in [0.05, 0.1) is 25.9 Å². The number of aliphatic hydroxyl groups is 3. The highest BCUT2D eigenvalue weighted by atomic mass is 16.7. The van der Waals surface area contributed by atoms with E-state index in [1.54, 1.807) is 38.4 Å². The van der Waals surface area contributed by atoms with Crippen LogP contribution in [0.25, 0.3) is 0 Å². The van der Waals surface area contributed by atoms with E-state index in [0.717, 1.165) is 0 Å². The second-order valence-electron chi connectivity index (χ2n) is 7.74. The minimum absolute atomic E-state index is 0.118. The van der Waals surface area contributed by atoms with E-state index in [1.165, 1.54) is 18.7 Å². The van der Waals surface area contributed by atoms with Crippen LogP contribution in [0.1, 0.15) is 20.3 Å². The van der Waals surface area contributed by atoms with Gasteiger partial charge in [-0.1, -0.05) is 0 Å². The third kappa shape index (κ3) is 10.4. The van der Waals surface area contributed by atoms with E-state index >= 15 is 0 Å². The van der Waals surface area contributed by atoms with Gasteiger partial charge < -0.3 is 45.6 Å². The minimum Gasteiger partial charge on any atom is -0.463 e. The molecule has 0 bridgehead atoms. The van der Waals surface area contributed by atoms with Crippen LogP contribution < -0.4 is 20.7 Å². The van der Waals surface area contributed by atoms with E-state index in [2.05, 4.69) is 16.0 Å². The Labute approximate surface area is 199 Å². The molecule has 4 atom stereocenters. The van der Waals surface area contributed by atoms with E-state index in [4.69, 9.17) is 9.47 Å². The number of benzene rings is 1. The van der Waals surface area contributed by atoms with Gasteiger partial charge in [0.15, 0.2) is 0 Å². The summed E-state index contributed by atoms with van der Waals surface area (Å²) in [4.78, 5) is 36.8. The fourth-order valence-electron chi connectivity index (χ4n) is 2.80. The zero-order chi connectivity index (χ0) is 25.7. The number of carbonyl (C=O) groups is 3. The lowest BCUT2D eigenvalue weighted by molar-refractivity contribution is -0.178. The van der Waals surface area contributed by atoms with Crippen molar-refractivity contribution in [3.05, 3.63) is 24.3 Å². The second kappa shape index (κ2) is 15.2. The van der Waals surface area contributed by atoms with Crippen molar-refractivity contribution in [1.82, 2.24) is 15.5 Å². The normalized spacial score (nSPS) is 14.4. The van der Waals surface area contributed by atoms with Crippen molar-refractivity contribution < 1.29 is 39.2 Å². The monoisotopic (exact) mass is 484 g/mol. The third-order valence-electron chi connectivity index (χ3n) is 4.76. The standard InChI is InChI=1S/C22H36N4O8/c1-14(29)19(13-28)34-22(18(12-27)24-15(2)30)33-17-7-5-16(6-8-17)25-20(31)9-10-26(4)21(32)11-23-3/h5-8,14,18-19,22-23,27-29H,9-13H2,1-4H3,(H,24,30)(H,25,31)/t14-,18+,19?,22?/m1/s1. The summed E-state index contributed by atoms with van der Waals surface area (Å²) in [5, 5.41) is 36.9. The predicted molar refractivity (Wildman–Crippen MR) is 124 cm³/mol. The molecule has 0 spiro atoms. The van der Waals surface area contributed by atoms with Crippen molar-refractivity contribution in [2.45, 2.75) is 44.8 Å². The van der Waals surface area contributed by atoms with Crippen molar-refractivity contribution in [2.24, 2.45) is 0 Å². The number of carbonyl (C=O) groups excluding carboxylic acids is 3. The maximum atomic E-state index is 12.2. The molecule has 1 aromatic rings. The molecule has 6 N–H and O–H groups in total. The first-order valence-electron chi connectivity index (χ1n) is 10.9. The molecule has 2 unspecified atom stereocenters. The number of likely N-dealkylation sites (N-methyl/N-ethyl adjacent to an activating group) is 2. The number of nitrogens with one attached hydrogen (secondary N) is 3. The first kappa shape index (κ1) is 29.3. The second-order valence-corrected chi connectivity index (χ2v) is 7.74. The smallest absolute Gasteiger partial charge is 0.236 e. The van der Waals surface area contributed by atoms with Gasteiger partial charge in [0.2, 0.25) is 24.0 Å². The fourth-order valence-corrected chi connectivity index (χ4v) is 2.80. The van der Waals surface area contributed by atoms with E-state index in [9.17, 15) is 29.7 Å². The van der Waals surface area contributed by atoms with Gasteiger partial charge in [-0.3, -0.25) is 14.4 Å². The SMILES string of the molecule is CNCC(=O)N(C)CCC(=O)Nc1ccc(OC(OC(CO)[C@@H](C)O)[C@H](CO)NC(C)=O)cc1. The summed E-state index contributed by atoms with van der Waals surface area (Å²) in [7, 11) is 3.29. The predicted octanol–water partition coefficient (Wildman–Crippen LogP) is -1.35. The van der Waals surface area contributed by atoms with Crippen molar-refractivity contribution in [2.75, 3.05) is 45.7 Å². The fraction of sp³-hybridized carbons (Fsp3) is 0.591. The first-order chi connectivity index (χ1) is 16.1. The Morgan fingerprint density at radius 2 is 1.76 bits per heavy atom. The largest absolute Gasteiger partial charge is 0.463 e. The van der Waals surface area contributed by atoms with Crippen LogP contribution in [0, 0.1) is 0 Å². The Kier molecular flexibility index (Phi) is 13.1. The molecule has 0 aliphatic heterocycles. The molecule has 0 heterocycles. The summed E-state index contributed by atoms with van der Waals surface area (Å²) in [6.45, 7) is 2.14. The molecule has 0 fully saturated rings. The molecule has 1 rings (SSSR count). The quantitative estimate of drug-likeness (QED) is 0.165. The number of nitrogens with zero attached hydrogens (tertiary/aromatic N) is 1. The molecule has 12 nitrogen and oxygen atoms in total. The summed E-state index contributed by atoms with van der Waals surface area (Å²) < 4.78 is 11.4. The van der Waals surface area contributed by atoms with Gasteiger partial charge in [-0.05, 0) is 38.2 Å². The topological polar surface area (TPSA) is 170 Å². The molecular formula is C22H36N4O8. The van der Waals surface area contributed by atoms with E-state index in [0.29, 0.717) is 11.4 Å². The molecule has 0 aromatic heterocycles. The summed E-state index contributed by atoms with van der Waals surface area (Å²) in [6, 6.07) is 5.31. The molecule has 192 valence electrons. The van der Waals surface area contributed by atoms with Crippen molar-refractivity contribution in [3.63, 3.8) is 0 Å². The summed E-state index contributed by atoms with van der Waals surface area (Å²) >= 11 is 0. The number of anilines is 1. The van der Waals surface area contributed by atoms with Gasteiger partial charge in [-0.15, -0.1) is 0 Å². The van der Waals surface area contributed by atoms with Crippen LogP contribution in [0.5, 0.6) is 5.75 Å². The molecular weight excluding hydrogens is 448 g/mol. The third-order valence-corrected chi connectivity index (χ3v) is 4.76. The summed E-state index contributed by atoms with van der Waals surface area (Å²) in [5.41, 5.74) is 0.497. The minimum atomic E-state index is -1.22. The van der Waals surface area contributed by atoms with Gasteiger partial charge in [0.25, 0.3) is 0 Å². The Morgan fingerprint density at radius 3 is 2.26 bits per heavy atom. The van der Waals surface area contributed by atoms with Crippen LogP contribution in [0.15, 0.2) is 24.3 Å². The van der Waals surface area contributed by atoms with Crippen LogP contribution in [0.2, 0.25) is 0 Å². The number of aliphatic hydroxyl groups excluding tert-OH is 3. The maximum absolute atomic E-state index is 12.2. The average Bonchev–Trinajstić information content (AvgIpc) is 2.79. The van der Waals surface area contributed by atoms with Gasteiger partial charge in [0, 0.05) is 32.6 Å². The lowest BCUT2D eigenvalue weighted by Gasteiger charge is -2.31. The molecule has 0 radical (unpaired) electrons. The zero-order valence-electron chi connectivity index (χ0n) is 20.0. The maximum Gasteiger partial charge on any atom is 0.236 e. The van der Waals surface area contributed by atoms with Gasteiger partial charge in [-0.2, -0.15) is 0 Å². The van der Waals surface area contributed by atoms with Crippen LogP contribution in [0.3, 0.4) is 0 Å². The highest BCUT2D eigenvalue weighted by Crippen LogP contribution is 2.20. The highest BCUT2D eigenvalue weighted by Gasteiger charge is 2.29. The Balaban J connectivity index is 2.79. The number of hydrogen-bond donors (Lipinski definition) is 6. The van der Waals surface area contributed by atoms with Crippen LogP contribution in [0.4, 0.5) is 5.69 Å². The summed E-state index contributed by atoms with van der Waals surface area (Å²) in [6.07, 6.45) is -3.13. The average molecular weight is 485 g/mol. The van der Waals surface area contributed by atoms with Gasteiger partial charge in [0.1, 0.15) is 17.9 Å². The van der Waals surface area contributed by atoms with Crippen molar-refractivity contribution in [3.8, 4) is 5.75 Å². The zero-order valence-corrected chi connectivity index (χ0v) is 20.0. The number of rotatable bonds is 15. The molecule has 12 heteroatoms. The number of ether oxygens (including phenoxy) is 2. The van der Waals surface area contributed by atoms with Gasteiger partial charge in [-0.25, -0.2) is 0 Å². The molecule has 3 amide bonds. The molecule has 0 aliphatic rings. The molecule has 0 saturated carbocycles. The van der Waals surface area contributed by atoms with E-state index < -0.39 is 43.7 Å². The van der Waals surface area contributed by atoms with Crippen molar-refractivity contribution >= 4 is 23.4 Å². The lowest BCUT2D eigenvalue weighted by atomic mass is 10.2. The highest BCUT2D eigenvalue weighted by molar-refractivity contribution is 5.91. The lowest BCUT2D eigenvalue weighted by Crippen LogP contribution is -2.51. The van der Waals surface area contributed by atoms with Crippen molar-refractivity contribution in [1.29, 1.82) is 0 Å². The molecule has 0 aliphatic carbocycles.